The number of carbonyl (C=O) groups is 2. The van der Waals surface area contributed by atoms with Gasteiger partial charge in [0.15, 0.2) is 0 Å². The number of nitrogens with zero attached hydrogens (tertiary/aromatic N) is 2. The van der Waals surface area contributed by atoms with Crippen LogP contribution in [0.15, 0.2) is 16.3 Å². The highest BCUT2D eigenvalue weighted by Crippen LogP contribution is 2.28. The lowest BCUT2D eigenvalue weighted by molar-refractivity contribution is -0.139. The number of sulfonamides is 1. The van der Waals surface area contributed by atoms with Crippen molar-refractivity contribution in [3.05, 3.63) is 17.0 Å². The molecule has 2 rings (SSSR count). The number of rotatable bonds is 7. The first-order valence-electron chi connectivity index (χ1n) is 8.25. The summed E-state index contributed by atoms with van der Waals surface area (Å²) < 4.78 is 27.2. The van der Waals surface area contributed by atoms with Crippen LogP contribution < -0.4 is 0 Å². The summed E-state index contributed by atoms with van der Waals surface area (Å²) in [7, 11) is -1.92. The highest BCUT2D eigenvalue weighted by molar-refractivity contribution is 7.91. The quantitative estimate of drug-likeness (QED) is 0.768. The summed E-state index contributed by atoms with van der Waals surface area (Å²) in [4.78, 5) is 25.6. The number of carboxylic acids is 1. The number of hydrogen-bond acceptors (Lipinski definition) is 5. The van der Waals surface area contributed by atoms with Crippen molar-refractivity contribution in [3.8, 4) is 0 Å². The van der Waals surface area contributed by atoms with Gasteiger partial charge in [0.2, 0.25) is 5.91 Å². The normalized spacial score (nSPS) is 18.9. The minimum absolute atomic E-state index is 0.0144. The van der Waals surface area contributed by atoms with Gasteiger partial charge in [0.1, 0.15) is 4.21 Å². The molecule has 1 aromatic rings. The molecule has 0 radical (unpaired) electrons. The summed E-state index contributed by atoms with van der Waals surface area (Å²) in [6.45, 7) is 2.82. The minimum Gasteiger partial charge on any atom is -0.481 e. The van der Waals surface area contributed by atoms with Crippen LogP contribution in [0.1, 0.15) is 30.6 Å². The van der Waals surface area contributed by atoms with Gasteiger partial charge in [-0.3, -0.25) is 9.59 Å². The molecule has 1 fully saturated rings. The molecule has 1 aromatic heterocycles. The van der Waals surface area contributed by atoms with Gasteiger partial charge in [-0.25, -0.2) is 8.42 Å². The van der Waals surface area contributed by atoms with E-state index < -0.39 is 16.0 Å². The fraction of sp³-hybridized carbons (Fsp3) is 0.625. The Bertz CT molecular complexity index is 729. The Kier molecular flexibility index (Phi) is 6.59. The number of piperidine rings is 1. The average molecular weight is 389 g/mol. The Morgan fingerprint density at radius 3 is 2.72 bits per heavy atom. The van der Waals surface area contributed by atoms with E-state index in [1.807, 2.05) is 6.92 Å². The first-order chi connectivity index (χ1) is 11.7. The van der Waals surface area contributed by atoms with E-state index in [-0.39, 0.29) is 24.8 Å². The molecule has 0 bridgehead atoms. The predicted octanol–water partition coefficient (Wildman–Crippen LogP) is 1.78. The third-order valence-electron chi connectivity index (χ3n) is 4.30. The molecular formula is C16H24N2O5S2. The number of thiophene rings is 1. The lowest BCUT2D eigenvalue weighted by Crippen LogP contribution is -2.45. The Morgan fingerprint density at radius 1 is 1.40 bits per heavy atom. The topological polar surface area (TPSA) is 95.0 Å². The molecule has 0 aromatic carbocycles. The van der Waals surface area contributed by atoms with Crippen molar-refractivity contribution in [2.75, 3.05) is 26.7 Å². The molecule has 0 spiro atoms. The zero-order valence-corrected chi connectivity index (χ0v) is 16.1. The summed E-state index contributed by atoms with van der Waals surface area (Å²) in [5, 5.41) is 8.67. The van der Waals surface area contributed by atoms with Gasteiger partial charge in [0, 0.05) is 38.0 Å². The molecule has 1 amide bonds. The lowest BCUT2D eigenvalue weighted by atomic mass is 9.98. The van der Waals surface area contributed by atoms with Crippen LogP contribution >= 0.6 is 11.3 Å². The smallest absolute Gasteiger partial charge is 0.303 e. The van der Waals surface area contributed by atoms with Crippen molar-refractivity contribution < 1.29 is 23.1 Å². The van der Waals surface area contributed by atoms with Crippen LogP contribution in [-0.2, 0) is 19.6 Å². The number of hydrogen-bond donors (Lipinski definition) is 1. The van der Waals surface area contributed by atoms with E-state index in [1.54, 1.807) is 19.2 Å². The zero-order chi connectivity index (χ0) is 18.6. The van der Waals surface area contributed by atoms with E-state index in [2.05, 4.69) is 0 Å². The SMILES string of the molecule is Cc1ccc(S(=O)(=O)N2CCCC(C(=O)N(C)CCCC(=O)O)C2)s1. The Hall–Kier alpha value is -1.45. The maximum atomic E-state index is 12.7. The molecule has 1 atom stereocenters. The van der Waals surface area contributed by atoms with Gasteiger partial charge >= 0.3 is 5.97 Å². The third kappa shape index (κ3) is 5.02. The Morgan fingerprint density at radius 2 is 2.12 bits per heavy atom. The second-order valence-electron chi connectivity index (χ2n) is 6.32. The zero-order valence-electron chi connectivity index (χ0n) is 14.5. The van der Waals surface area contributed by atoms with E-state index >= 15 is 0 Å². The van der Waals surface area contributed by atoms with E-state index in [9.17, 15) is 18.0 Å². The number of carboxylic acid groups (broad SMARTS) is 1. The van der Waals surface area contributed by atoms with Crippen LogP contribution in [-0.4, -0.2) is 61.3 Å². The van der Waals surface area contributed by atoms with Gasteiger partial charge < -0.3 is 10.0 Å². The molecule has 2 heterocycles. The molecule has 1 aliphatic heterocycles. The number of aryl methyl sites for hydroxylation is 1. The lowest BCUT2D eigenvalue weighted by Gasteiger charge is -2.33. The van der Waals surface area contributed by atoms with Crippen molar-refractivity contribution >= 4 is 33.2 Å². The summed E-state index contributed by atoms with van der Waals surface area (Å²) in [6, 6.07) is 3.39. The summed E-state index contributed by atoms with van der Waals surface area (Å²) >= 11 is 1.24. The second-order valence-corrected chi connectivity index (χ2v) is 9.78. The number of amides is 1. The van der Waals surface area contributed by atoms with E-state index in [0.717, 1.165) is 4.88 Å². The van der Waals surface area contributed by atoms with Gasteiger partial charge in [-0.15, -0.1) is 11.3 Å². The monoisotopic (exact) mass is 388 g/mol. The molecule has 0 aliphatic carbocycles. The number of carbonyl (C=O) groups excluding carboxylic acids is 1. The van der Waals surface area contributed by atoms with Gasteiger partial charge in [0.25, 0.3) is 10.0 Å². The van der Waals surface area contributed by atoms with Crippen LogP contribution in [0.2, 0.25) is 0 Å². The second kappa shape index (κ2) is 8.29. The van der Waals surface area contributed by atoms with Crippen LogP contribution in [0.5, 0.6) is 0 Å². The molecule has 1 unspecified atom stereocenters. The van der Waals surface area contributed by atoms with E-state index in [1.165, 1.54) is 20.5 Å². The van der Waals surface area contributed by atoms with Crippen molar-refractivity contribution in [2.45, 2.75) is 36.8 Å². The van der Waals surface area contributed by atoms with Gasteiger partial charge in [-0.05, 0) is 38.3 Å². The van der Waals surface area contributed by atoms with Crippen LogP contribution in [0, 0.1) is 12.8 Å². The molecular weight excluding hydrogens is 364 g/mol. The van der Waals surface area contributed by atoms with Crippen molar-refractivity contribution in [1.82, 2.24) is 9.21 Å². The van der Waals surface area contributed by atoms with Crippen LogP contribution in [0.4, 0.5) is 0 Å². The fourth-order valence-electron chi connectivity index (χ4n) is 2.93. The fourth-order valence-corrected chi connectivity index (χ4v) is 5.89. The molecule has 0 saturated carbocycles. The van der Waals surface area contributed by atoms with Gasteiger partial charge in [0.05, 0.1) is 5.92 Å². The first-order valence-corrected chi connectivity index (χ1v) is 10.5. The van der Waals surface area contributed by atoms with Crippen LogP contribution in [0.25, 0.3) is 0 Å². The summed E-state index contributed by atoms with van der Waals surface area (Å²) in [6.07, 6.45) is 1.70. The molecule has 1 N–H and O–H groups in total. The predicted molar refractivity (Wildman–Crippen MR) is 95.0 cm³/mol. The Balaban J connectivity index is 2.00. The third-order valence-corrected chi connectivity index (χ3v) is 7.64. The highest BCUT2D eigenvalue weighted by atomic mass is 32.2. The van der Waals surface area contributed by atoms with E-state index in [0.29, 0.717) is 36.6 Å². The Labute approximate surface area is 152 Å². The minimum atomic E-state index is -3.56. The maximum absolute atomic E-state index is 12.7. The van der Waals surface area contributed by atoms with Crippen molar-refractivity contribution in [1.29, 1.82) is 0 Å². The van der Waals surface area contributed by atoms with Gasteiger partial charge in [-0.2, -0.15) is 4.31 Å². The van der Waals surface area contributed by atoms with Crippen LogP contribution in [0.3, 0.4) is 0 Å². The van der Waals surface area contributed by atoms with Gasteiger partial charge in [-0.1, -0.05) is 0 Å². The summed E-state index contributed by atoms with van der Waals surface area (Å²) in [5.41, 5.74) is 0. The standard InChI is InChI=1S/C16H24N2O5S2/c1-12-7-8-15(24-12)25(22,23)18-10-3-5-13(11-18)16(21)17(2)9-4-6-14(19)20/h7-8,13H,3-6,9-11H2,1-2H3,(H,19,20). The molecule has 25 heavy (non-hydrogen) atoms. The molecule has 7 nitrogen and oxygen atoms in total. The molecule has 140 valence electrons. The average Bonchev–Trinajstić information content (AvgIpc) is 3.01. The molecule has 1 aliphatic rings. The maximum Gasteiger partial charge on any atom is 0.303 e. The number of aliphatic carboxylic acids is 1. The highest BCUT2D eigenvalue weighted by Gasteiger charge is 2.34. The largest absolute Gasteiger partial charge is 0.481 e. The van der Waals surface area contributed by atoms with E-state index in [4.69, 9.17) is 5.11 Å². The van der Waals surface area contributed by atoms with Crippen molar-refractivity contribution in [3.63, 3.8) is 0 Å². The molecule has 9 heteroatoms. The van der Waals surface area contributed by atoms with Crippen molar-refractivity contribution in [2.24, 2.45) is 5.92 Å². The molecule has 1 saturated heterocycles. The first kappa shape index (κ1) is 19.9. The summed E-state index contributed by atoms with van der Waals surface area (Å²) in [5.74, 6) is -1.38.